The fourth-order valence-corrected chi connectivity index (χ4v) is 2.64. The summed E-state index contributed by atoms with van der Waals surface area (Å²) < 4.78 is 15.8. The first kappa shape index (κ1) is 16.9. The van der Waals surface area contributed by atoms with E-state index in [1.165, 1.54) is 25.7 Å². The summed E-state index contributed by atoms with van der Waals surface area (Å²) in [5, 5.41) is 3.64. The Morgan fingerprint density at radius 2 is 1.68 bits per heavy atom. The highest BCUT2D eigenvalue weighted by molar-refractivity contribution is 4.87. The van der Waals surface area contributed by atoms with Gasteiger partial charge in [0, 0.05) is 19.7 Å². The van der Waals surface area contributed by atoms with Crippen molar-refractivity contribution in [3.63, 3.8) is 0 Å². The van der Waals surface area contributed by atoms with Crippen LogP contribution >= 0.6 is 0 Å². The van der Waals surface area contributed by atoms with Crippen molar-refractivity contribution in [1.29, 1.82) is 0 Å². The molecule has 0 aromatic rings. The van der Waals surface area contributed by atoms with Crippen LogP contribution in [0.2, 0.25) is 0 Å². The van der Waals surface area contributed by atoms with Gasteiger partial charge < -0.3 is 19.5 Å². The highest BCUT2D eigenvalue weighted by Crippen LogP contribution is 2.35. The summed E-state index contributed by atoms with van der Waals surface area (Å²) in [6, 6.07) is 0.641. The van der Waals surface area contributed by atoms with Crippen LogP contribution in [0.3, 0.4) is 0 Å². The minimum Gasteiger partial charge on any atom is -0.382 e. The number of methoxy groups -OCH3 is 1. The second-order valence-electron chi connectivity index (χ2n) is 5.96. The van der Waals surface area contributed by atoms with Crippen LogP contribution in [0, 0.1) is 5.41 Å². The topological polar surface area (TPSA) is 39.7 Å². The highest BCUT2D eigenvalue weighted by Gasteiger charge is 2.31. The molecule has 0 heterocycles. The molecule has 4 heteroatoms. The lowest BCUT2D eigenvalue weighted by molar-refractivity contribution is 0.0239. The summed E-state index contributed by atoms with van der Waals surface area (Å²) in [6.07, 6.45) is 5.36. The zero-order chi connectivity index (χ0) is 14.0. The van der Waals surface area contributed by atoms with Crippen molar-refractivity contribution in [2.75, 3.05) is 46.7 Å². The number of nitrogens with one attached hydrogen (secondary N) is 1. The number of hydrogen-bond acceptors (Lipinski definition) is 4. The van der Waals surface area contributed by atoms with E-state index < -0.39 is 0 Å². The van der Waals surface area contributed by atoms with Crippen molar-refractivity contribution < 1.29 is 14.2 Å². The van der Waals surface area contributed by atoms with Crippen molar-refractivity contribution in [1.82, 2.24) is 5.32 Å². The van der Waals surface area contributed by atoms with Gasteiger partial charge in [0.1, 0.15) is 0 Å². The molecule has 1 N–H and O–H groups in total. The van der Waals surface area contributed by atoms with E-state index in [2.05, 4.69) is 19.2 Å². The molecule has 1 atom stereocenters. The Morgan fingerprint density at radius 1 is 1.00 bits per heavy atom. The maximum atomic E-state index is 5.54. The van der Waals surface area contributed by atoms with Crippen molar-refractivity contribution >= 4 is 0 Å². The monoisotopic (exact) mass is 273 g/mol. The van der Waals surface area contributed by atoms with Gasteiger partial charge in [0.15, 0.2) is 0 Å². The molecule has 0 aromatic carbocycles. The molecule has 4 nitrogen and oxygen atoms in total. The molecule has 1 aliphatic rings. The molecular weight excluding hydrogens is 242 g/mol. The Labute approximate surface area is 118 Å². The normalized spacial score (nSPS) is 22.6. The van der Waals surface area contributed by atoms with E-state index in [4.69, 9.17) is 14.2 Å². The lowest BCUT2D eigenvalue weighted by Crippen LogP contribution is -2.45. The van der Waals surface area contributed by atoms with Crippen molar-refractivity contribution in [3.8, 4) is 0 Å². The molecule has 19 heavy (non-hydrogen) atoms. The first-order chi connectivity index (χ1) is 9.17. The Balaban J connectivity index is 1.93. The lowest BCUT2D eigenvalue weighted by atomic mass is 9.73. The summed E-state index contributed by atoms with van der Waals surface area (Å²) in [6.45, 7) is 9.06. The zero-order valence-electron chi connectivity index (χ0n) is 12.9. The first-order valence-electron chi connectivity index (χ1n) is 7.54. The largest absolute Gasteiger partial charge is 0.382 e. The second-order valence-corrected chi connectivity index (χ2v) is 5.96. The van der Waals surface area contributed by atoms with E-state index in [0.717, 1.165) is 13.2 Å². The second kappa shape index (κ2) is 9.70. The highest BCUT2D eigenvalue weighted by atomic mass is 16.5. The molecule has 1 rings (SSSR count). The van der Waals surface area contributed by atoms with Crippen LogP contribution in [0.1, 0.15) is 39.5 Å². The molecule has 0 amide bonds. The van der Waals surface area contributed by atoms with Crippen LogP contribution in [0.15, 0.2) is 0 Å². The molecule has 0 aliphatic heterocycles. The van der Waals surface area contributed by atoms with Gasteiger partial charge in [0.25, 0.3) is 0 Å². The van der Waals surface area contributed by atoms with Crippen LogP contribution in [0.5, 0.6) is 0 Å². The third kappa shape index (κ3) is 7.25. The molecule has 0 saturated heterocycles. The van der Waals surface area contributed by atoms with E-state index in [1.807, 2.05) is 0 Å². The maximum absolute atomic E-state index is 5.54. The van der Waals surface area contributed by atoms with Gasteiger partial charge in [-0.1, -0.05) is 26.7 Å². The Bertz CT molecular complexity index is 221. The fraction of sp³-hybridized carbons (Fsp3) is 1.00. The van der Waals surface area contributed by atoms with Gasteiger partial charge in [0.05, 0.1) is 33.0 Å². The van der Waals surface area contributed by atoms with E-state index in [0.29, 0.717) is 37.9 Å². The van der Waals surface area contributed by atoms with Crippen molar-refractivity contribution in [2.24, 2.45) is 5.41 Å². The van der Waals surface area contributed by atoms with Crippen LogP contribution in [0.4, 0.5) is 0 Å². The lowest BCUT2D eigenvalue weighted by Gasteiger charge is -2.39. The molecule has 1 saturated carbocycles. The van der Waals surface area contributed by atoms with Gasteiger partial charge in [-0.3, -0.25) is 0 Å². The SMILES string of the molecule is COCCOCCOCCNC1CCCCC1(C)C. The Hall–Kier alpha value is -0.160. The van der Waals surface area contributed by atoms with Crippen LogP contribution < -0.4 is 5.32 Å². The van der Waals surface area contributed by atoms with E-state index >= 15 is 0 Å². The molecule has 0 aromatic heterocycles. The molecule has 0 bridgehead atoms. The zero-order valence-corrected chi connectivity index (χ0v) is 12.9. The number of rotatable bonds is 10. The van der Waals surface area contributed by atoms with Crippen molar-refractivity contribution in [2.45, 2.75) is 45.6 Å². The van der Waals surface area contributed by atoms with Gasteiger partial charge in [0.2, 0.25) is 0 Å². The average Bonchev–Trinajstić information content (AvgIpc) is 2.38. The van der Waals surface area contributed by atoms with Crippen LogP contribution in [-0.2, 0) is 14.2 Å². The maximum Gasteiger partial charge on any atom is 0.0701 e. The molecule has 0 radical (unpaired) electrons. The van der Waals surface area contributed by atoms with Gasteiger partial charge in [-0.15, -0.1) is 0 Å². The van der Waals surface area contributed by atoms with Crippen LogP contribution in [-0.4, -0.2) is 52.7 Å². The average molecular weight is 273 g/mol. The molecule has 1 unspecified atom stereocenters. The number of ether oxygens (including phenoxy) is 3. The van der Waals surface area contributed by atoms with E-state index in [9.17, 15) is 0 Å². The van der Waals surface area contributed by atoms with Gasteiger partial charge in [-0.2, -0.15) is 0 Å². The predicted molar refractivity (Wildman–Crippen MR) is 77.6 cm³/mol. The van der Waals surface area contributed by atoms with Gasteiger partial charge in [-0.25, -0.2) is 0 Å². The number of hydrogen-bond donors (Lipinski definition) is 1. The van der Waals surface area contributed by atoms with E-state index in [-0.39, 0.29) is 0 Å². The first-order valence-corrected chi connectivity index (χ1v) is 7.54. The molecule has 0 spiro atoms. The molecule has 1 aliphatic carbocycles. The summed E-state index contributed by atoms with van der Waals surface area (Å²) in [4.78, 5) is 0. The van der Waals surface area contributed by atoms with E-state index in [1.54, 1.807) is 7.11 Å². The van der Waals surface area contributed by atoms with Gasteiger partial charge in [-0.05, 0) is 18.3 Å². The van der Waals surface area contributed by atoms with Crippen molar-refractivity contribution in [3.05, 3.63) is 0 Å². The fourth-order valence-electron chi connectivity index (χ4n) is 2.64. The van der Waals surface area contributed by atoms with Crippen LogP contribution in [0.25, 0.3) is 0 Å². The standard InChI is InChI=1S/C15H31NO3/c1-15(2)7-5-4-6-14(15)16-8-9-18-12-13-19-11-10-17-3/h14,16H,4-13H2,1-3H3. The summed E-state index contributed by atoms with van der Waals surface area (Å²) >= 11 is 0. The summed E-state index contributed by atoms with van der Waals surface area (Å²) in [5.41, 5.74) is 0.432. The summed E-state index contributed by atoms with van der Waals surface area (Å²) in [5.74, 6) is 0. The molecule has 114 valence electrons. The Morgan fingerprint density at radius 3 is 2.37 bits per heavy atom. The minimum atomic E-state index is 0.432. The smallest absolute Gasteiger partial charge is 0.0701 e. The van der Waals surface area contributed by atoms with Gasteiger partial charge >= 0.3 is 0 Å². The third-order valence-electron chi connectivity index (χ3n) is 3.95. The summed E-state index contributed by atoms with van der Waals surface area (Å²) in [7, 11) is 1.68. The quantitative estimate of drug-likeness (QED) is 0.620. The predicted octanol–water partition coefficient (Wildman–Crippen LogP) is 2.22. The minimum absolute atomic E-state index is 0.432. The third-order valence-corrected chi connectivity index (χ3v) is 3.95. The molecular formula is C15H31NO3. The Kier molecular flexibility index (Phi) is 8.62. The molecule has 1 fully saturated rings.